The van der Waals surface area contributed by atoms with Crippen LogP contribution in [-0.4, -0.2) is 94.4 Å². The third-order valence-electron chi connectivity index (χ3n) is 4.41. The Bertz CT molecular complexity index is 691. The van der Waals surface area contributed by atoms with Gasteiger partial charge >= 0.3 is 5.97 Å². The summed E-state index contributed by atoms with van der Waals surface area (Å²) in [6.07, 6.45) is 1.36. The number of amides is 3. The quantitative estimate of drug-likeness (QED) is 0.0441. The Morgan fingerprint density at radius 1 is 1.03 bits per heavy atom. The highest BCUT2D eigenvalue weighted by Crippen LogP contribution is 2.05. The van der Waals surface area contributed by atoms with Crippen LogP contribution in [0.15, 0.2) is 4.99 Å². The van der Waals surface area contributed by atoms with Crippen molar-refractivity contribution >= 4 is 54.0 Å². The summed E-state index contributed by atoms with van der Waals surface area (Å²) in [7, 11) is 0. The Morgan fingerprint density at radius 3 is 2.12 bits per heavy atom. The van der Waals surface area contributed by atoms with E-state index in [4.69, 9.17) is 22.3 Å². The third kappa shape index (κ3) is 12.6. The van der Waals surface area contributed by atoms with Gasteiger partial charge in [0.15, 0.2) is 5.96 Å². The van der Waals surface area contributed by atoms with Crippen LogP contribution in [0.25, 0.3) is 0 Å². The van der Waals surface area contributed by atoms with E-state index in [2.05, 4.69) is 33.6 Å². The van der Waals surface area contributed by atoms with Crippen LogP contribution in [0.2, 0.25) is 0 Å². The second kappa shape index (κ2) is 16.4. The lowest BCUT2D eigenvalue weighted by Crippen LogP contribution is -2.60. The van der Waals surface area contributed by atoms with Crippen LogP contribution < -0.4 is 33.2 Å². The fraction of sp³-hybridized carbons (Fsp3) is 0.722. The standard InChI is InChI=1S/C18H35N7O6S2/c1-9(26)13(25-14(27)10(19)4-3-6-22-18(20)21)16(29)23-11(5-7-33-2)15(28)24-12(8-32)17(30)31/h9-13,26,32H,3-8,19H2,1-2H3,(H,23,29)(H,24,28)(H,25,27)(H,30,31)(H4,20,21,22). The lowest BCUT2D eigenvalue weighted by molar-refractivity contribution is -0.141. The maximum atomic E-state index is 12.8. The molecule has 0 heterocycles. The van der Waals surface area contributed by atoms with Gasteiger partial charge in [0, 0.05) is 12.3 Å². The fourth-order valence-electron chi connectivity index (χ4n) is 2.54. The average molecular weight is 510 g/mol. The highest BCUT2D eigenvalue weighted by Gasteiger charge is 2.32. The summed E-state index contributed by atoms with van der Waals surface area (Å²) in [5, 5.41) is 26.3. The number of hydrogen-bond donors (Lipinski definition) is 9. The molecule has 0 radical (unpaired) electrons. The van der Waals surface area contributed by atoms with E-state index < -0.39 is 54.0 Å². The summed E-state index contributed by atoms with van der Waals surface area (Å²) in [6, 6.07) is -4.68. The van der Waals surface area contributed by atoms with Gasteiger partial charge in [0.05, 0.1) is 12.1 Å². The van der Waals surface area contributed by atoms with Crippen LogP contribution in [-0.2, 0) is 19.2 Å². The second-order valence-electron chi connectivity index (χ2n) is 7.21. The van der Waals surface area contributed by atoms with Gasteiger partial charge in [-0.25, -0.2) is 4.79 Å². The van der Waals surface area contributed by atoms with Crippen molar-refractivity contribution in [2.75, 3.05) is 24.3 Å². The molecule has 0 aromatic heterocycles. The SMILES string of the molecule is CSCCC(NC(=O)C(NC(=O)C(N)CCCN=C(N)N)C(C)O)C(=O)NC(CS)C(=O)O. The molecular weight excluding hydrogens is 474 g/mol. The van der Waals surface area contributed by atoms with E-state index in [-0.39, 0.29) is 31.1 Å². The Balaban J connectivity index is 5.17. The minimum Gasteiger partial charge on any atom is -0.480 e. The molecule has 15 heteroatoms. The Hall–Kier alpha value is -2.23. The predicted molar refractivity (Wildman–Crippen MR) is 130 cm³/mol. The molecule has 0 rings (SSSR count). The van der Waals surface area contributed by atoms with Gasteiger partial charge in [0.1, 0.15) is 18.1 Å². The number of rotatable bonds is 16. The molecule has 33 heavy (non-hydrogen) atoms. The Labute approximate surface area is 202 Å². The first-order valence-electron chi connectivity index (χ1n) is 10.2. The zero-order valence-corrected chi connectivity index (χ0v) is 20.4. The van der Waals surface area contributed by atoms with Gasteiger partial charge in [-0.05, 0) is 38.2 Å². The van der Waals surface area contributed by atoms with Crippen LogP contribution in [0.1, 0.15) is 26.2 Å². The summed E-state index contributed by atoms with van der Waals surface area (Å²) in [6.45, 7) is 1.58. The summed E-state index contributed by atoms with van der Waals surface area (Å²) < 4.78 is 0. The van der Waals surface area contributed by atoms with Crippen LogP contribution in [0, 0.1) is 0 Å². The zero-order valence-electron chi connectivity index (χ0n) is 18.7. The average Bonchev–Trinajstić information content (AvgIpc) is 2.74. The smallest absolute Gasteiger partial charge is 0.327 e. The van der Waals surface area contributed by atoms with Crippen molar-refractivity contribution in [1.29, 1.82) is 0 Å². The van der Waals surface area contributed by atoms with Crippen molar-refractivity contribution < 1.29 is 29.4 Å². The number of nitrogens with two attached hydrogens (primary N) is 3. The number of nitrogens with one attached hydrogen (secondary N) is 3. The number of guanidine groups is 1. The molecule has 0 aromatic carbocycles. The number of aliphatic imine (C=N–C) groups is 1. The van der Waals surface area contributed by atoms with Gasteiger partial charge in [0.25, 0.3) is 0 Å². The third-order valence-corrected chi connectivity index (χ3v) is 5.42. The van der Waals surface area contributed by atoms with Gasteiger partial charge in [-0.2, -0.15) is 24.4 Å². The van der Waals surface area contributed by atoms with Crippen LogP contribution >= 0.6 is 24.4 Å². The topological polar surface area (TPSA) is 235 Å². The molecule has 0 aromatic rings. The number of carboxylic acids is 1. The Morgan fingerprint density at radius 2 is 1.64 bits per heavy atom. The minimum absolute atomic E-state index is 0.0806. The van der Waals surface area contributed by atoms with Crippen molar-refractivity contribution in [1.82, 2.24) is 16.0 Å². The number of thiol groups is 1. The molecule has 11 N–H and O–H groups in total. The molecule has 0 saturated carbocycles. The van der Waals surface area contributed by atoms with Gasteiger partial charge < -0.3 is 43.4 Å². The van der Waals surface area contributed by atoms with E-state index in [1.54, 1.807) is 6.26 Å². The second-order valence-corrected chi connectivity index (χ2v) is 8.56. The number of hydrogen-bond acceptors (Lipinski definition) is 9. The molecule has 3 amide bonds. The molecule has 0 aliphatic rings. The van der Waals surface area contributed by atoms with Crippen molar-refractivity contribution in [3.8, 4) is 0 Å². The largest absolute Gasteiger partial charge is 0.480 e. The lowest BCUT2D eigenvalue weighted by Gasteiger charge is -2.26. The van der Waals surface area contributed by atoms with E-state index >= 15 is 0 Å². The maximum Gasteiger partial charge on any atom is 0.327 e. The monoisotopic (exact) mass is 509 g/mol. The molecule has 5 unspecified atom stereocenters. The van der Waals surface area contributed by atoms with Crippen LogP contribution in [0.5, 0.6) is 0 Å². The molecule has 0 aliphatic heterocycles. The van der Waals surface area contributed by atoms with E-state index in [0.29, 0.717) is 12.2 Å². The maximum absolute atomic E-state index is 12.8. The van der Waals surface area contributed by atoms with Gasteiger partial charge in [-0.3, -0.25) is 19.4 Å². The van der Waals surface area contributed by atoms with Crippen LogP contribution in [0.3, 0.4) is 0 Å². The summed E-state index contributed by atoms with van der Waals surface area (Å²) in [5.41, 5.74) is 16.3. The zero-order chi connectivity index (χ0) is 25.6. The molecule has 0 saturated heterocycles. The predicted octanol–water partition coefficient (Wildman–Crippen LogP) is -3.03. The first-order valence-corrected chi connectivity index (χ1v) is 12.2. The molecule has 13 nitrogen and oxygen atoms in total. The highest BCUT2D eigenvalue weighted by molar-refractivity contribution is 7.98. The number of aliphatic carboxylic acids is 1. The normalized spacial score (nSPS) is 15.3. The first kappa shape index (κ1) is 30.8. The molecule has 0 fully saturated rings. The van der Waals surface area contributed by atoms with Crippen molar-refractivity contribution in [2.24, 2.45) is 22.2 Å². The van der Waals surface area contributed by atoms with Gasteiger partial charge in [-0.15, -0.1) is 0 Å². The summed E-state index contributed by atoms with van der Waals surface area (Å²) in [5.74, 6) is -3.21. The van der Waals surface area contributed by atoms with Crippen molar-refractivity contribution in [3.05, 3.63) is 0 Å². The number of nitrogens with zero attached hydrogens (tertiary/aromatic N) is 1. The Kier molecular flexibility index (Phi) is 15.3. The molecule has 0 spiro atoms. The molecular formula is C18H35N7O6S2. The minimum atomic E-state index is -1.38. The summed E-state index contributed by atoms with van der Waals surface area (Å²) >= 11 is 5.32. The van der Waals surface area contributed by atoms with E-state index in [1.165, 1.54) is 18.7 Å². The number of carboxylic acid groups (broad SMARTS) is 1. The number of carbonyl (C=O) groups excluding carboxylic acids is 3. The van der Waals surface area contributed by atoms with Gasteiger partial charge in [-0.1, -0.05) is 0 Å². The lowest BCUT2D eigenvalue weighted by atomic mass is 10.1. The molecule has 0 bridgehead atoms. The van der Waals surface area contributed by atoms with E-state index in [0.717, 1.165) is 0 Å². The molecule has 190 valence electrons. The van der Waals surface area contributed by atoms with Crippen molar-refractivity contribution in [3.63, 3.8) is 0 Å². The number of carbonyl (C=O) groups is 4. The number of aliphatic hydroxyl groups excluding tert-OH is 1. The summed E-state index contributed by atoms with van der Waals surface area (Å²) in [4.78, 5) is 52.6. The molecule has 0 aliphatic carbocycles. The number of aliphatic hydroxyl groups is 1. The molecule has 5 atom stereocenters. The first-order chi connectivity index (χ1) is 15.4. The van der Waals surface area contributed by atoms with Crippen LogP contribution in [0.4, 0.5) is 0 Å². The van der Waals surface area contributed by atoms with Crippen molar-refractivity contribution in [2.45, 2.75) is 56.5 Å². The van der Waals surface area contributed by atoms with E-state index in [9.17, 15) is 24.3 Å². The van der Waals surface area contributed by atoms with E-state index in [1.807, 2.05) is 0 Å². The number of thioether (sulfide) groups is 1. The fourth-order valence-corrected chi connectivity index (χ4v) is 3.26. The van der Waals surface area contributed by atoms with Gasteiger partial charge in [0.2, 0.25) is 17.7 Å². The highest BCUT2D eigenvalue weighted by atomic mass is 32.2.